The number of carboxylic acid groups (broad SMARTS) is 1. The van der Waals surface area contributed by atoms with Crippen molar-refractivity contribution < 1.29 is 14.7 Å². The molecule has 0 aromatic carbocycles. The van der Waals surface area contributed by atoms with Crippen LogP contribution in [0.4, 0.5) is 0 Å². The Morgan fingerprint density at radius 1 is 1.18 bits per heavy atom. The number of hydrogen-bond donors (Lipinski definition) is 3. The van der Waals surface area contributed by atoms with Gasteiger partial charge in [-0.1, -0.05) is 0 Å². The third-order valence-corrected chi connectivity index (χ3v) is 3.30. The van der Waals surface area contributed by atoms with Gasteiger partial charge in [0.2, 0.25) is 5.91 Å². The Kier molecular flexibility index (Phi) is 5.97. The normalized spacial score (nSPS) is 24.3. The lowest BCUT2D eigenvalue weighted by Gasteiger charge is -2.26. The molecule has 0 heterocycles. The van der Waals surface area contributed by atoms with Gasteiger partial charge < -0.3 is 15.7 Å². The third-order valence-electron chi connectivity index (χ3n) is 3.30. The largest absolute Gasteiger partial charge is 0.481 e. The van der Waals surface area contributed by atoms with Crippen LogP contribution in [-0.2, 0) is 9.59 Å². The molecule has 1 aliphatic carbocycles. The molecule has 17 heavy (non-hydrogen) atoms. The molecule has 98 valence electrons. The predicted octanol–water partition coefficient (Wildman–Crippen LogP) is 0.603. The Morgan fingerprint density at radius 3 is 2.35 bits per heavy atom. The van der Waals surface area contributed by atoms with E-state index in [9.17, 15) is 9.59 Å². The molecule has 0 bridgehead atoms. The minimum atomic E-state index is -0.651. The molecule has 0 radical (unpaired) electrons. The predicted molar refractivity (Wildman–Crippen MR) is 64.6 cm³/mol. The first kappa shape index (κ1) is 14.0. The maximum atomic E-state index is 10.8. The number of hydrogen-bond acceptors (Lipinski definition) is 3. The van der Waals surface area contributed by atoms with E-state index in [4.69, 9.17) is 5.11 Å². The number of carbonyl (C=O) groups excluding carboxylic acids is 1. The highest BCUT2D eigenvalue weighted by Gasteiger charge is 2.25. The highest BCUT2D eigenvalue weighted by molar-refractivity contribution is 5.72. The fourth-order valence-electron chi connectivity index (χ4n) is 2.25. The molecule has 3 N–H and O–H groups in total. The van der Waals surface area contributed by atoms with Gasteiger partial charge in [0.05, 0.1) is 5.92 Å². The molecule has 5 nitrogen and oxygen atoms in total. The first-order chi connectivity index (χ1) is 8.09. The number of rotatable bonds is 6. The summed E-state index contributed by atoms with van der Waals surface area (Å²) in [6, 6.07) is 0. The van der Waals surface area contributed by atoms with Crippen molar-refractivity contribution in [2.75, 3.05) is 19.6 Å². The Bertz CT molecular complexity index is 260. The summed E-state index contributed by atoms with van der Waals surface area (Å²) in [5.74, 6) is -0.204. The van der Waals surface area contributed by atoms with Crippen LogP contribution in [0.2, 0.25) is 0 Å². The van der Waals surface area contributed by atoms with E-state index >= 15 is 0 Å². The van der Waals surface area contributed by atoms with Crippen molar-refractivity contribution in [1.29, 1.82) is 0 Å². The Morgan fingerprint density at radius 2 is 1.82 bits per heavy atom. The fourth-order valence-corrected chi connectivity index (χ4v) is 2.25. The van der Waals surface area contributed by atoms with Gasteiger partial charge in [-0.15, -0.1) is 0 Å². The SMILES string of the molecule is CC(=O)NCCNCC1CCC(C(=O)O)CC1. The number of aliphatic carboxylic acids is 1. The second-order valence-electron chi connectivity index (χ2n) is 4.74. The van der Waals surface area contributed by atoms with E-state index in [2.05, 4.69) is 10.6 Å². The first-order valence-electron chi connectivity index (χ1n) is 6.27. The Hall–Kier alpha value is -1.10. The van der Waals surface area contributed by atoms with Crippen LogP contribution < -0.4 is 10.6 Å². The van der Waals surface area contributed by atoms with Gasteiger partial charge in [-0.3, -0.25) is 9.59 Å². The minimum absolute atomic E-state index is 0.00577. The molecular formula is C12H22N2O3. The van der Waals surface area contributed by atoms with E-state index in [1.165, 1.54) is 6.92 Å². The molecule has 0 aromatic heterocycles. The molecule has 0 atom stereocenters. The molecular weight excluding hydrogens is 220 g/mol. The summed E-state index contributed by atoms with van der Waals surface area (Å²) >= 11 is 0. The average Bonchev–Trinajstić information content (AvgIpc) is 2.29. The van der Waals surface area contributed by atoms with Gasteiger partial charge >= 0.3 is 5.97 Å². The van der Waals surface area contributed by atoms with E-state index in [1.807, 2.05) is 0 Å². The average molecular weight is 242 g/mol. The summed E-state index contributed by atoms with van der Waals surface area (Å²) in [5, 5.41) is 14.9. The van der Waals surface area contributed by atoms with Crippen LogP contribution in [0, 0.1) is 11.8 Å². The van der Waals surface area contributed by atoms with E-state index in [1.54, 1.807) is 0 Å². The fraction of sp³-hybridized carbons (Fsp3) is 0.833. The van der Waals surface area contributed by atoms with Crippen LogP contribution in [0.3, 0.4) is 0 Å². The molecule has 0 unspecified atom stereocenters. The van der Waals surface area contributed by atoms with Crippen LogP contribution in [-0.4, -0.2) is 36.6 Å². The highest BCUT2D eigenvalue weighted by atomic mass is 16.4. The van der Waals surface area contributed by atoms with E-state index in [0.29, 0.717) is 12.5 Å². The van der Waals surface area contributed by atoms with Crippen LogP contribution in [0.15, 0.2) is 0 Å². The molecule has 1 saturated carbocycles. The van der Waals surface area contributed by atoms with Gasteiger partial charge in [-0.25, -0.2) is 0 Å². The van der Waals surface area contributed by atoms with Gasteiger partial charge in [0, 0.05) is 20.0 Å². The van der Waals surface area contributed by atoms with Crippen LogP contribution in [0.1, 0.15) is 32.6 Å². The molecule has 0 aromatic rings. The molecule has 0 spiro atoms. The summed E-state index contributed by atoms with van der Waals surface area (Å²) in [4.78, 5) is 21.4. The van der Waals surface area contributed by atoms with Crippen molar-refractivity contribution >= 4 is 11.9 Å². The van der Waals surface area contributed by atoms with Crippen molar-refractivity contribution in [3.8, 4) is 0 Å². The number of nitrogens with one attached hydrogen (secondary N) is 2. The van der Waals surface area contributed by atoms with Crippen molar-refractivity contribution in [2.24, 2.45) is 11.8 Å². The zero-order valence-corrected chi connectivity index (χ0v) is 10.4. The van der Waals surface area contributed by atoms with E-state index in [0.717, 1.165) is 38.8 Å². The lowest BCUT2D eigenvalue weighted by molar-refractivity contribution is -0.143. The van der Waals surface area contributed by atoms with Crippen LogP contribution in [0.25, 0.3) is 0 Å². The maximum Gasteiger partial charge on any atom is 0.306 e. The van der Waals surface area contributed by atoms with E-state index in [-0.39, 0.29) is 11.8 Å². The summed E-state index contributed by atoms with van der Waals surface area (Å²) in [6.07, 6.45) is 3.58. The zero-order valence-electron chi connectivity index (χ0n) is 10.4. The summed E-state index contributed by atoms with van der Waals surface area (Å²) in [6.45, 7) is 3.86. The third kappa shape index (κ3) is 5.68. The molecule has 1 fully saturated rings. The maximum absolute atomic E-state index is 10.8. The molecule has 1 rings (SSSR count). The Labute approximate surface area is 102 Å². The summed E-state index contributed by atoms with van der Waals surface area (Å²) < 4.78 is 0. The molecule has 1 amide bonds. The molecule has 0 saturated heterocycles. The standard InChI is InChI=1S/C12H22N2O3/c1-9(15)14-7-6-13-8-10-2-4-11(5-3-10)12(16)17/h10-11,13H,2-8H2,1H3,(H,14,15)(H,16,17). The van der Waals surface area contributed by atoms with Crippen molar-refractivity contribution in [2.45, 2.75) is 32.6 Å². The lowest BCUT2D eigenvalue weighted by Crippen LogP contribution is -2.34. The topological polar surface area (TPSA) is 78.4 Å². The van der Waals surface area contributed by atoms with Gasteiger partial charge in [0.1, 0.15) is 0 Å². The molecule has 0 aliphatic heterocycles. The van der Waals surface area contributed by atoms with Crippen molar-refractivity contribution in [3.05, 3.63) is 0 Å². The minimum Gasteiger partial charge on any atom is -0.481 e. The smallest absolute Gasteiger partial charge is 0.306 e. The Balaban J connectivity index is 2.02. The molecule has 1 aliphatic rings. The second kappa shape index (κ2) is 7.27. The first-order valence-corrected chi connectivity index (χ1v) is 6.27. The van der Waals surface area contributed by atoms with Crippen molar-refractivity contribution in [1.82, 2.24) is 10.6 Å². The van der Waals surface area contributed by atoms with Gasteiger partial charge in [-0.2, -0.15) is 0 Å². The van der Waals surface area contributed by atoms with E-state index < -0.39 is 5.97 Å². The van der Waals surface area contributed by atoms with Crippen molar-refractivity contribution in [3.63, 3.8) is 0 Å². The van der Waals surface area contributed by atoms with Gasteiger partial charge in [0.25, 0.3) is 0 Å². The zero-order chi connectivity index (χ0) is 12.7. The summed E-state index contributed by atoms with van der Waals surface area (Å²) in [5.41, 5.74) is 0. The quantitative estimate of drug-likeness (QED) is 0.596. The number of amides is 1. The van der Waals surface area contributed by atoms with Gasteiger partial charge in [-0.05, 0) is 38.1 Å². The second-order valence-corrected chi connectivity index (χ2v) is 4.74. The number of carbonyl (C=O) groups is 2. The van der Waals surface area contributed by atoms with Gasteiger partial charge in [0.15, 0.2) is 0 Å². The van der Waals surface area contributed by atoms with Crippen LogP contribution in [0.5, 0.6) is 0 Å². The van der Waals surface area contributed by atoms with Crippen LogP contribution >= 0.6 is 0 Å². The molecule has 5 heteroatoms. The lowest BCUT2D eigenvalue weighted by atomic mass is 9.82. The summed E-state index contributed by atoms with van der Waals surface area (Å²) in [7, 11) is 0. The number of carboxylic acids is 1. The monoisotopic (exact) mass is 242 g/mol. The highest BCUT2D eigenvalue weighted by Crippen LogP contribution is 2.28.